The lowest BCUT2D eigenvalue weighted by Crippen LogP contribution is -2.15. The quantitative estimate of drug-likeness (QED) is 0.808. The van der Waals surface area contributed by atoms with E-state index in [-0.39, 0.29) is 17.2 Å². The summed E-state index contributed by atoms with van der Waals surface area (Å²) < 4.78 is 40.7. The van der Waals surface area contributed by atoms with Crippen LogP contribution in [0.3, 0.4) is 0 Å². The van der Waals surface area contributed by atoms with Crippen LogP contribution in [0.1, 0.15) is 10.6 Å². The molecule has 0 aliphatic heterocycles. The van der Waals surface area contributed by atoms with Gasteiger partial charge in [-0.2, -0.15) is 0 Å². The predicted molar refractivity (Wildman–Crippen MR) is 75.6 cm³/mol. The summed E-state index contributed by atoms with van der Waals surface area (Å²) in [7, 11) is 0. The van der Waals surface area contributed by atoms with Crippen molar-refractivity contribution in [2.24, 2.45) is 0 Å². The standard InChI is InChI=1S/C15H9F3N4O/c16-10-6-5-9(7-12(10)18)22-8-19-14(21-22)15(23)20-13-4-2-1-3-11(13)17/h1-8H,(H,20,23). The van der Waals surface area contributed by atoms with Gasteiger partial charge in [-0.3, -0.25) is 4.79 Å². The number of carbonyl (C=O) groups is 1. The van der Waals surface area contributed by atoms with E-state index in [9.17, 15) is 18.0 Å². The Balaban J connectivity index is 1.82. The van der Waals surface area contributed by atoms with E-state index in [4.69, 9.17) is 0 Å². The van der Waals surface area contributed by atoms with Crippen molar-refractivity contribution in [2.45, 2.75) is 0 Å². The van der Waals surface area contributed by atoms with Gasteiger partial charge < -0.3 is 5.32 Å². The van der Waals surface area contributed by atoms with E-state index in [1.165, 1.54) is 30.6 Å². The first-order valence-electron chi connectivity index (χ1n) is 6.47. The summed E-state index contributed by atoms with van der Waals surface area (Å²) in [6.07, 6.45) is 1.17. The lowest BCUT2D eigenvalue weighted by molar-refractivity contribution is 0.101. The van der Waals surface area contributed by atoms with Crippen molar-refractivity contribution in [3.8, 4) is 5.69 Å². The highest BCUT2D eigenvalue weighted by Gasteiger charge is 2.14. The fraction of sp³-hybridized carbons (Fsp3) is 0. The average Bonchev–Trinajstić information content (AvgIpc) is 3.02. The molecule has 23 heavy (non-hydrogen) atoms. The van der Waals surface area contributed by atoms with Gasteiger partial charge in [0, 0.05) is 6.07 Å². The van der Waals surface area contributed by atoms with Gasteiger partial charge in [-0.05, 0) is 24.3 Å². The van der Waals surface area contributed by atoms with Crippen LogP contribution in [-0.2, 0) is 0 Å². The van der Waals surface area contributed by atoms with Crippen LogP contribution in [0.25, 0.3) is 5.69 Å². The number of aromatic nitrogens is 3. The zero-order valence-electron chi connectivity index (χ0n) is 11.5. The number of para-hydroxylation sites is 1. The van der Waals surface area contributed by atoms with Gasteiger partial charge in [0.2, 0.25) is 5.82 Å². The van der Waals surface area contributed by atoms with E-state index in [1.807, 2.05) is 0 Å². The van der Waals surface area contributed by atoms with Crippen LogP contribution in [0.4, 0.5) is 18.9 Å². The smallest absolute Gasteiger partial charge is 0.295 e. The van der Waals surface area contributed by atoms with Crippen LogP contribution >= 0.6 is 0 Å². The zero-order chi connectivity index (χ0) is 16.4. The van der Waals surface area contributed by atoms with Crippen molar-refractivity contribution in [1.29, 1.82) is 0 Å². The number of carbonyl (C=O) groups excluding carboxylic acids is 1. The molecule has 0 radical (unpaired) electrons. The molecular formula is C15H9F3N4O. The molecule has 1 aromatic heterocycles. The van der Waals surface area contributed by atoms with Crippen molar-refractivity contribution < 1.29 is 18.0 Å². The van der Waals surface area contributed by atoms with E-state index < -0.39 is 23.4 Å². The highest BCUT2D eigenvalue weighted by atomic mass is 19.2. The molecule has 3 aromatic rings. The summed E-state index contributed by atoms with van der Waals surface area (Å²) >= 11 is 0. The molecule has 2 aromatic carbocycles. The lowest BCUT2D eigenvalue weighted by Gasteiger charge is -2.03. The Morgan fingerprint density at radius 2 is 1.78 bits per heavy atom. The molecule has 0 unspecified atom stereocenters. The fourth-order valence-corrected chi connectivity index (χ4v) is 1.86. The first-order valence-corrected chi connectivity index (χ1v) is 6.47. The van der Waals surface area contributed by atoms with Crippen LogP contribution in [0, 0.1) is 17.5 Å². The summed E-state index contributed by atoms with van der Waals surface area (Å²) in [5.74, 6) is -3.60. The SMILES string of the molecule is O=C(Nc1ccccc1F)c1ncn(-c2ccc(F)c(F)c2)n1. The fourth-order valence-electron chi connectivity index (χ4n) is 1.86. The molecule has 1 heterocycles. The number of anilines is 1. The first kappa shape index (κ1) is 14.8. The summed E-state index contributed by atoms with van der Waals surface area (Å²) in [4.78, 5) is 15.8. The van der Waals surface area contributed by atoms with E-state index in [2.05, 4.69) is 15.4 Å². The third-order valence-electron chi connectivity index (χ3n) is 2.98. The molecular weight excluding hydrogens is 309 g/mol. The van der Waals surface area contributed by atoms with Gasteiger partial charge in [0.05, 0.1) is 11.4 Å². The summed E-state index contributed by atoms with van der Waals surface area (Å²) in [6.45, 7) is 0. The monoisotopic (exact) mass is 318 g/mol. The number of amides is 1. The maximum absolute atomic E-state index is 13.5. The van der Waals surface area contributed by atoms with Gasteiger partial charge in [0.25, 0.3) is 5.91 Å². The Hall–Kier alpha value is -3.16. The lowest BCUT2D eigenvalue weighted by atomic mass is 10.3. The van der Waals surface area contributed by atoms with Gasteiger partial charge in [0.15, 0.2) is 11.6 Å². The normalized spacial score (nSPS) is 10.6. The van der Waals surface area contributed by atoms with Crippen molar-refractivity contribution in [3.63, 3.8) is 0 Å². The molecule has 0 bridgehead atoms. The first-order chi connectivity index (χ1) is 11.0. The Bertz CT molecular complexity index is 879. The van der Waals surface area contributed by atoms with Gasteiger partial charge >= 0.3 is 0 Å². The van der Waals surface area contributed by atoms with Gasteiger partial charge in [-0.15, -0.1) is 5.10 Å². The molecule has 0 aliphatic rings. The molecule has 0 saturated heterocycles. The summed E-state index contributed by atoms with van der Waals surface area (Å²) in [6, 6.07) is 8.77. The Morgan fingerprint density at radius 3 is 2.52 bits per heavy atom. The molecule has 5 nitrogen and oxygen atoms in total. The largest absolute Gasteiger partial charge is 0.317 e. The number of hydrogen-bond acceptors (Lipinski definition) is 3. The molecule has 0 spiro atoms. The third-order valence-corrected chi connectivity index (χ3v) is 2.98. The molecule has 3 rings (SSSR count). The minimum absolute atomic E-state index is 0.0123. The van der Waals surface area contributed by atoms with Crippen LogP contribution in [0.2, 0.25) is 0 Å². The van der Waals surface area contributed by atoms with E-state index in [0.29, 0.717) is 0 Å². The molecule has 8 heteroatoms. The number of nitrogens with zero attached hydrogens (tertiary/aromatic N) is 3. The molecule has 1 N–H and O–H groups in total. The van der Waals surface area contributed by atoms with E-state index in [0.717, 1.165) is 16.8 Å². The van der Waals surface area contributed by atoms with E-state index >= 15 is 0 Å². The minimum Gasteiger partial charge on any atom is -0.317 e. The second-order valence-corrected chi connectivity index (χ2v) is 4.55. The summed E-state index contributed by atoms with van der Waals surface area (Å²) in [5.41, 5.74) is 0.183. The number of halogens is 3. The Labute approximate surface area is 128 Å². The van der Waals surface area contributed by atoms with Crippen LogP contribution < -0.4 is 5.32 Å². The number of hydrogen-bond donors (Lipinski definition) is 1. The number of nitrogens with one attached hydrogen (secondary N) is 1. The third kappa shape index (κ3) is 3.05. The second-order valence-electron chi connectivity index (χ2n) is 4.55. The highest BCUT2D eigenvalue weighted by Crippen LogP contribution is 2.14. The van der Waals surface area contributed by atoms with Crippen molar-refractivity contribution in [3.05, 3.63) is 72.1 Å². The van der Waals surface area contributed by atoms with Gasteiger partial charge in [-0.25, -0.2) is 22.8 Å². The maximum Gasteiger partial charge on any atom is 0.295 e. The van der Waals surface area contributed by atoms with Gasteiger partial charge in [0.1, 0.15) is 12.1 Å². The number of rotatable bonds is 3. The molecule has 0 saturated carbocycles. The predicted octanol–water partition coefficient (Wildman–Crippen LogP) is 2.94. The molecule has 0 aliphatic carbocycles. The van der Waals surface area contributed by atoms with Crippen LogP contribution in [-0.4, -0.2) is 20.7 Å². The van der Waals surface area contributed by atoms with Crippen molar-refractivity contribution in [1.82, 2.24) is 14.8 Å². The topological polar surface area (TPSA) is 59.8 Å². The average molecular weight is 318 g/mol. The Kier molecular flexibility index (Phi) is 3.80. The van der Waals surface area contributed by atoms with E-state index in [1.54, 1.807) is 6.07 Å². The molecule has 116 valence electrons. The van der Waals surface area contributed by atoms with Gasteiger partial charge in [-0.1, -0.05) is 12.1 Å². The second kappa shape index (κ2) is 5.91. The maximum atomic E-state index is 13.5. The summed E-state index contributed by atoms with van der Waals surface area (Å²) in [5, 5.41) is 6.18. The molecule has 0 fully saturated rings. The van der Waals surface area contributed by atoms with Crippen LogP contribution in [0.15, 0.2) is 48.8 Å². The minimum atomic E-state index is -1.05. The van der Waals surface area contributed by atoms with Crippen molar-refractivity contribution >= 4 is 11.6 Å². The molecule has 1 amide bonds. The number of benzene rings is 2. The highest BCUT2D eigenvalue weighted by molar-refractivity contribution is 6.01. The zero-order valence-corrected chi connectivity index (χ0v) is 11.5. The van der Waals surface area contributed by atoms with Crippen LogP contribution in [0.5, 0.6) is 0 Å². The van der Waals surface area contributed by atoms with Crippen molar-refractivity contribution in [2.75, 3.05) is 5.32 Å². The Morgan fingerprint density at radius 1 is 1.00 bits per heavy atom. The molecule has 0 atom stereocenters.